The van der Waals surface area contributed by atoms with E-state index in [0.29, 0.717) is 0 Å². The summed E-state index contributed by atoms with van der Waals surface area (Å²) in [5, 5.41) is 1.18. The van der Waals surface area contributed by atoms with Crippen LogP contribution in [-0.4, -0.2) is 37.3 Å². The van der Waals surface area contributed by atoms with E-state index < -0.39 is 0 Å². The molecule has 2 atom stereocenters. The molecule has 0 aliphatic carbocycles. The number of hydrogen-bond donors (Lipinski definition) is 0. The smallest absolute Gasteiger partial charge is 0.269 e. The molecular weight excluding hydrogens is 266 g/mol. The van der Waals surface area contributed by atoms with Gasteiger partial charge in [0.25, 0.3) is 5.91 Å². The maximum Gasteiger partial charge on any atom is 0.269 e. The van der Waals surface area contributed by atoms with Crippen molar-refractivity contribution in [3.8, 4) is 0 Å². The van der Waals surface area contributed by atoms with Crippen molar-refractivity contribution in [2.45, 2.75) is 38.4 Å². The largest absolute Gasteiger partial charge is 0.366 e. The van der Waals surface area contributed by atoms with Crippen LogP contribution in [0, 0.1) is 0 Å². The Balaban J connectivity index is 2.72. The predicted molar refractivity (Wildman–Crippen MR) is 84.5 cm³/mol. The number of carbonyl (C=O) groups is 1. The molecule has 4 heteroatoms. The van der Waals surface area contributed by atoms with Gasteiger partial charge in [0.05, 0.1) is 19.3 Å². The van der Waals surface area contributed by atoms with Gasteiger partial charge in [-0.1, -0.05) is 42.5 Å². The second-order valence-electron chi connectivity index (χ2n) is 4.99. The SMILES string of the molecule is C=C/C(C)=C/[C@H]1C/C=C\CC[C@@H](/C=C/C(=O)N(C)OC)O1. The molecule has 0 N–H and O–H groups in total. The lowest BCUT2D eigenvalue weighted by atomic mass is 10.1. The van der Waals surface area contributed by atoms with Crippen molar-refractivity contribution in [2.75, 3.05) is 14.2 Å². The van der Waals surface area contributed by atoms with Crippen LogP contribution in [0.1, 0.15) is 26.2 Å². The van der Waals surface area contributed by atoms with Gasteiger partial charge in [-0.25, -0.2) is 5.06 Å². The van der Waals surface area contributed by atoms with Crippen molar-refractivity contribution in [2.24, 2.45) is 0 Å². The van der Waals surface area contributed by atoms with Crippen LogP contribution >= 0.6 is 0 Å². The molecule has 4 nitrogen and oxygen atoms in total. The van der Waals surface area contributed by atoms with Gasteiger partial charge in [-0.15, -0.1) is 0 Å². The third-order valence-corrected chi connectivity index (χ3v) is 3.31. The number of ether oxygens (including phenoxy) is 1. The first-order valence-corrected chi connectivity index (χ1v) is 7.18. The van der Waals surface area contributed by atoms with Gasteiger partial charge in [-0.05, 0) is 26.2 Å². The maximum atomic E-state index is 11.7. The first-order chi connectivity index (χ1) is 10.1. The Morgan fingerprint density at radius 1 is 1.43 bits per heavy atom. The van der Waals surface area contributed by atoms with E-state index in [1.807, 2.05) is 13.0 Å². The number of likely N-dealkylation sites (N-methyl/N-ethyl adjacent to an activating group) is 1. The van der Waals surface area contributed by atoms with E-state index in [4.69, 9.17) is 9.57 Å². The van der Waals surface area contributed by atoms with E-state index in [0.717, 1.165) is 24.8 Å². The van der Waals surface area contributed by atoms with Gasteiger partial charge in [0, 0.05) is 13.1 Å². The quantitative estimate of drug-likeness (QED) is 0.338. The fourth-order valence-corrected chi connectivity index (χ4v) is 1.95. The highest BCUT2D eigenvalue weighted by molar-refractivity contribution is 5.86. The number of nitrogens with zero attached hydrogens (tertiary/aromatic N) is 1. The van der Waals surface area contributed by atoms with Crippen LogP contribution in [0.15, 0.2) is 48.6 Å². The Hall–Kier alpha value is -1.65. The van der Waals surface area contributed by atoms with Crippen molar-refractivity contribution in [1.82, 2.24) is 5.06 Å². The van der Waals surface area contributed by atoms with Gasteiger partial charge in [-0.3, -0.25) is 9.63 Å². The second kappa shape index (κ2) is 9.32. The number of amides is 1. The summed E-state index contributed by atoms with van der Waals surface area (Å²) >= 11 is 0. The van der Waals surface area contributed by atoms with E-state index >= 15 is 0 Å². The standard InChI is InChI=1S/C17H25NO3/c1-5-14(2)13-16-10-8-6-7-9-15(21-16)11-12-17(19)18(3)20-4/h5-6,8,11-13,15-16H,1,7,9-10H2,2-4H3/b8-6-,12-11+,14-13+/t15-,16+/m0/s1. The zero-order valence-electron chi connectivity index (χ0n) is 13.1. The minimum Gasteiger partial charge on any atom is -0.366 e. The maximum absolute atomic E-state index is 11.7. The molecular formula is C17H25NO3. The Labute approximate surface area is 127 Å². The normalized spacial score (nSPS) is 25.2. The number of carbonyl (C=O) groups excluding carboxylic acids is 1. The van der Waals surface area contributed by atoms with E-state index in [2.05, 4.69) is 24.8 Å². The molecule has 1 rings (SSSR count). The minimum absolute atomic E-state index is 0.00413. The molecule has 0 aromatic carbocycles. The van der Waals surface area contributed by atoms with E-state index in [1.54, 1.807) is 13.1 Å². The topological polar surface area (TPSA) is 38.8 Å². The third-order valence-electron chi connectivity index (χ3n) is 3.31. The number of rotatable bonds is 5. The van der Waals surface area contributed by atoms with Gasteiger partial charge in [0.1, 0.15) is 0 Å². The summed E-state index contributed by atoms with van der Waals surface area (Å²) in [5.74, 6) is -0.201. The number of allylic oxidation sites excluding steroid dienone is 3. The molecule has 21 heavy (non-hydrogen) atoms. The molecule has 116 valence electrons. The Morgan fingerprint density at radius 2 is 2.19 bits per heavy atom. The molecule has 0 saturated carbocycles. The van der Waals surface area contributed by atoms with Crippen LogP contribution in [0.25, 0.3) is 0 Å². The van der Waals surface area contributed by atoms with Crippen molar-refractivity contribution in [3.63, 3.8) is 0 Å². The van der Waals surface area contributed by atoms with Gasteiger partial charge in [0.15, 0.2) is 0 Å². The van der Waals surface area contributed by atoms with Crippen LogP contribution in [0.4, 0.5) is 0 Å². The predicted octanol–water partition coefficient (Wildman–Crippen LogP) is 3.19. The Bertz CT molecular complexity index is 437. The highest BCUT2D eigenvalue weighted by atomic mass is 16.7. The second-order valence-corrected chi connectivity index (χ2v) is 4.99. The number of hydrogen-bond acceptors (Lipinski definition) is 3. The molecule has 0 aromatic heterocycles. The monoisotopic (exact) mass is 291 g/mol. The first-order valence-electron chi connectivity index (χ1n) is 7.18. The lowest BCUT2D eigenvalue weighted by Gasteiger charge is -2.22. The molecule has 1 aliphatic heterocycles. The van der Waals surface area contributed by atoms with Gasteiger partial charge < -0.3 is 4.74 Å². The summed E-state index contributed by atoms with van der Waals surface area (Å²) in [6, 6.07) is 0. The molecule has 1 aliphatic rings. The fourth-order valence-electron chi connectivity index (χ4n) is 1.95. The van der Waals surface area contributed by atoms with Gasteiger partial charge >= 0.3 is 0 Å². The lowest BCUT2D eigenvalue weighted by molar-refractivity contribution is -0.162. The van der Waals surface area contributed by atoms with Crippen molar-refractivity contribution < 1.29 is 14.4 Å². The Kier molecular flexibility index (Phi) is 7.72. The van der Waals surface area contributed by atoms with Crippen molar-refractivity contribution in [1.29, 1.82) is 0 Å². The molecule has 0 radical (unpaired) electrons. The van der Waals surface area contributed by atoms with Crippen molar-refractivity contribution >= 4 is 5.91 Å². The van der Waals surface area contributed by atoms with Crippen LogP contribution < -0.4 is 0 Å². The molecule has 0 fully saturated rings. The molecule has 1 heterocycles. The van der Waals surface area contributed by atoms with Crippen LogP contribution in [0.2, 0.25) is 0 Å². The molecule has 0 unspecified atom stereocenters. The van der Waals surface area contributed by atoms with Crippen LogP contribution in [0.3, 0.4) is 0 Å². The van der Waals surface area contributed by atoms with Gasteiger partial charge in [0.2, 0.25) is 0 Å². The van der Waals surface area contributed by atoms with Gasteiger partial charge in [-0.2, -0.15) is 0 Å². The Morgan fingerprint density at radius 3 is 2.86 bits per heavy atom. The highest BCUT2D eigenvalue weighted by Gasteiger charge is 2.14. The zero-order valence-corrected chi connectivity index (χ0v) is 13.1. The number of hydroxylamine groups is 2. The minimum atomic E-state index is -0.201. The average molecular weight is 291 g/mol. The molecule has 1 amide bonds. The zero-order chi connectivity index (χ0) is 15.7. The summed E-state index contributed by atoms with van der Waals surface area (Å²) in [6.45, 7) is 5.76. The molecule has 0 bridgehead atoms. The lowest BCUT2D eigenvalue weighted by Crippen LogP contribution is -2.25. The van der Waals surface area contributed by atoms with E-state index in [-0.39, 0.29) is 18.1 Å². The van der Waals surface area contributed by atoms with Crippen LogP contribution in [0.5, 0.6) is 0 Å². The summed E-state index contributed by atoms with van der Waals surface area (Å²) in [7, 11) is 3.04. The molecule has 0 spiro atoms. The summed E-state index contributed by atoms with van der Waals surface area (Å²) in [4.78, 5) is 16.5. The summed E-state index contributed by atoms with van der Waals surface area (Å²) in [5.41, 5.74) is 1.09. The summed E-state index contributed by atoms with van der Waals surface area (Å²) in [6.07, 6.45) is 14.0. The van der Waals surface area contributed by atoms with E-state index in [1.165, 1.54) is 18.2 Å². The average Bonchev–Trinajstić information content (AvgIpc) is 2.47. The highest BCUT2D eigenvalue weighted by Crippen LogP contribution is 2.17. The first kappa shape index (κ1) is 17.4. The van der Waals surface area contributed by atoms with E-state index in [9.17, 15) is 4.79 Å². The van der Waals surface area contributed by atoms with Crippen molar-refractivity contribution in [3.05, 3.63) is 48.6 Å². The summed E-state index contributed by atoms with van der Waals surface area (Å²) < 4.78 is 6.05. The molecule has 0 saturated heterocycles. The fraction of sp³-hybridized carbons (Fsp3) is 0.471. The third kappa shape index (κ3) is 6.56. The van der Waals surface area contributed by atoms with Crippen LogP contribution in [-0.2, 0) is 14.4 Å². The molecule has 0 aromatic rings.